The molecule has 0 unspecified atom stereocenters. The minimum Gasteiger partial charge on any atom is -0.274 e. The number of hydrogen-bond acceptors (Lipinski definition) is 4. The highest BCUT2D eigenvalue weighted by atomic mass is 32.2. The molecule has 1 fully saturated rings. The van der Waals surface area contributed by atoms with E-state index in [-0.39, 0.29) is 18.2 Å². The molecule has 0 saturated carbocycles. The molecule has 5 heteroatoms. The number of para-hydroxylation sites is 1. The van der Waals surface area contributed by atoms with E-state index in [1.807, 2.05) is 49.4 Å². The lowest BCUT2D eigenvalue weighted by Crippen LogP contribution is -2.31. The fraction of sp³-hybridized carbons (Fsp3) is 0.235. The van der Waals surface area contributed by atoms with Gasteiger partial charge in [-0.25, -0.2) is 9.88 Å². The largest absolute Gasteiger partial charge is 0.274 e. The Bertz CT molecular complexity index is 703. The van der Waals surface area contributed by atoms with Gasteiger partial charge in [0.2, 0.25) is 11.8 Å². The van der Waals surface area contributed by atoms with E-state index >= 15 is 0 Å². The Morgan fingerprint density at radius 1 is 1.18 bits per heavy atom. The minimum absolute atomic E-state index is 0.140. The van der Waals surface area contributed by atoms with Gasteiger partial charge < -0.3 is 0 Å². The second kappa shape index (κ2) is 6.32. The molecule has 3 rings (SSSR count). The molecule has 1 atom stereocenters. The standard InChI is InChI=1S/C17H16N2O2S/c1-2-12-7-3-4-8-13(12)19-16(20)11-14(17(19)21)22-15-9-5-6-10-18-15/h3-10,14H,2,11H2,1H3/t14-/m1/s1. The summed E-state index contributed by atoms with van der Waals surface area (Å²) in [5, 5.41) is 0.367. The Morgan fingerprint density at radius 2 is 1.95 bits per heavy atom. The first-order chi connectivity index (χ1) is 10.7. The summed E-state index contributed by atoms with van der Waals surface area (Å²) in [4.78, 5) is 30.5. The molecule has 2 amide bonds. The molecule has 4 nitrogen and oxygen atoms in total. The van der Waals surface area contributed by atoms with Crippen molar-refractivity contribution < 1.29 is 9.59 Å². The molecule has 0 spiro atoms. The Kier molecular flexibility index (Phi) is 4.24. The molecule has 0 bridgehead atoms. The molecule has 112 valence electrons. The van der Waals surface area contributed by atoms with Crippen molar-refractivity contribution in [3.63, 3.8) is 0 Å². The minimum atomic E-state index is -0.396. The Balaban J connectivity index is 1.86. The van der Waals surface area contributed by atoms with E-state index in [0.29, 0.717) is 5.69 Å². The number of pyridine rings is 1. The molecule has 1 aromatic heterocycles. The van der Waals surface area contributed by atoms with Gasteiger partial charge in [-0.05, 0) is 30.2 Å². The second-order valence-corrected chi connectivity index (χ2v) is 6.25. The number of carbonyl (C=O) groups is 2. The quantitative estimate of drug-likeness (QED) is 0.814. The zero-order chi connectivity index (χ0) is 15.5. The van der Waals surface area contributed by atoms with Gasteiger partial charge in [0.25, 0.3) is 0 Å². The summed E-state index contributed by atoms with van der Waals surface area (Å²) < 4.78 is 0. The van der Waals surface area contributed by atoms with Gasteiger partial charge in [0.05, 0.1) is 16.0 Å². The summed E-state index contributed by atoms with van der Waals surface area (Å²) >= 11 is 1.35. The van der Waals surface area contributed by atoms with E-state index < -0.39 is 5.25 Å². The van der Waals surface area contributed by atoms with Crippen LogP contribution in [0.15, 0.2) is 53.7 Å². The van der Waals surface area contributed by atoms with Crippen LogP contribution in [-0.4, -0.2) is 22.0 Å². The number of nitrogens with zero attached hydrogens (tertiary/aromatic N) is 2. The van der Waals surface area contributed by atoms with Crippen molar-refractivity contribution in [1.29, 1.82) is 0 Å². The smallest absolute Gasteiger partial charge is 0.247 e. The summed E-state index contributed by atoms with van der Waals surface area (Å²) in [7, 11) is 0. The molecule has 0 aliphatic carbocycles. The van der Waals surface area contributed by atoms with Crippen LogP contribution >= 0.6 is 11.8 Å². The molecular weight excluding hydrogens is 296 g/mol. The fourth-order valence-corrected chi connectivity index (χ4v) is 3.54. The number of rotatable bonds is 4. The van der Waals surface area contributed by atoms with Crippen LogP contribution in [0.5, 0.6) is 0 Å². The van der Waals surface area contributed by atoms with Crippen LogP contribution in [0.3, 0.4) is 0 Å². The van der Waals surface area contributed by atoms with Gasteiger partial charge in [-0.3, -0.25) is 9.59 Å². The van der Waals surface area contributed by atoms with Crippen LogP contribution in [0, 0.1) is 0 Å². The van der Waals surface area contributed by atoms with Crippen LogP contribution < -0.4 is 4.90 Å². The molecule has 2 aromatic rings. The monoisotopic (exact) mass is 312 g/mol. The second-order valence-electron chi connectivity index (χ2n) is 5.03. The lowest BCUT2D eigenvalue weighted by molar-refractivity contribution is -0.121. The lowest BCUT2D eigenvalue weighted by Gasteiger charge is -2.18. The van der Waals surface area contributed by atoms with E-state index in [4.69, 9.17) is 0 Å². The SMILES string of the molecule is CCc1ccccc1N1C(=O)C[C@@H](Sc2ccccn2)C1=O. The third-order valence-corrected chi connectivity index (χ3v) is 4.76. The average molecular weight is 312 g/mol. The highest BCUT2D eigenvalue weighted by Gasteiger charge is 2.40. The van der Waals surface area contributed by atoms with Gasteiger partial charge in [-0.15, -0.1) is 0 Å². The summed E-state index contributed by atoms with van der Waals surface area (Å²) in [6, 6.07) is 13.1. The first-order valence-corrected chi connectivity index (χ1v) is 8.11. The van der Waals surface area contributed by atoms with Gasteiger partial charge in [0.15, 0.2) is 0 Å². The van der Waals surface area contributed by atoms with Gasteiger partial charge in [0, 0.05) is 12.6 Å². The predicted molar refractivity (Wildman–Crippen MR) is 86.8 cm³/mol. The molecular formula is C17H16N2O2S. The fourth-order valence-electron chi connectivity index (χ4n) is 2.54. The van der Waals surface area contributed by atoms with E-state index in [2.05, 4.69) is 4.98 Å². The first-order valence-electron chi connectivity index (χ1n) is 7.23. The van der Waals surface area contributed by atoms with Gasteiger partial charge >= 0.3 is 0 Å². The molecule has 2 heterocycles. The Hall–Kier alpha value is -2.14. The van der Waals surface area contributed by atoms with Crippen molar-refractivity contribution in [3.05, 3.63) is 54.2 Å². The van der Waals surface area contributed by atoms with E-state index in [1.165, 1.54) is 16.7 Å². The maximum Gasteiger partial charge on any atom is 0.247 e. The average Bonchev–Trinajstić information content (AvgIpc) is 2.82. The summed E-state index contributed by atoms with van der Waals surface area (Å²) in [6.07, 6.45) is 2.69. The Morgan fingerprint density at radius 3 is 2.68 bits per heavy atom. The number of benzene rings is 1. The topological polar surface area (TPSA) is 50.3 Å². The van der Waals surface area contributed by atoms with Gasteiger partial charge in [-0.1, -0.05) is 43.0 Å². The summed E-state index contributed by atoms with van der Waals surface area (Å²) in [5.41, 5.74) is 1.72. The molecule has 1 aliphatic heterocycles. The Labute approximate surface area is 133 Å². The van der Waals surface area contributed by atoms with Crippen LogP contribution in [0.25, 0.3) is 0 Å². The molecule has 22 heavy (non-hydrogen) atoms. The van der Waals surface area contributed by atoms with Crippen molar-refractivity contribution in [3.8, 4) is 0 Å². The maximum atomic E-state index is 12.6. The zero-order valence-corrected chi connectivity index (χ0v) is 13.0. The van der Waals surface area contributed by atoms with Crippen molar-refractivity contribution in [2.24, 2.45) is 0 Å². The molecule has 1 saturated heterocycles. The number of anilines is 1. The normalized spacial score (nSPS) is 18.0. The first kappa shape index (κ1) is 14.8. The number of carbonyl (C=O) groups excluding carboxylic acids is 2. The predicted octanol–water partition coefficient (Wildman–Crippen LogP) is 3.07. The number of aryl methyl sites for hydroxylation is 1. The number of amides is 2. The highest BCUT2D eigenvalue weighted by molar-refractivity contribution is 8.00. The molecule has 0 radical (unpaired) electrons. The number of aromatic nitrogens is 1. The van der Waals surface area contributed by atoms with Gasteiger partial charge in [-0.2, -0.15) is 0 Å². The molecule has 0 N–H and O–H groups in total. The van der Waals surface area contributed by atoms with Gasteiger partial charge in [0.1, 0.15) is 0 Å². The van der Waals surface area contributed by atoms with Crippen molar-refractivity contribution >= 4 is 29.3 Å². The van der Waals surface area contributed by atoms with Crippen LogP contribution in [0.1, 0.15) is 18.9 Å². The highest BCUT2D eigenvalue weighted by Crippen LogP contribution is 2.34. The maximum absolute atomic E-state index is 12.6. The molecule has 1 aromatic carbocycles. The van der Waals surface area contributed by atoms with Crippen molar-refractivity contribution in [2.75, 3.05) is 4.90 Å². The van der Waals surface area contributed by atoms with Crippen LogP contribution in [-0.2, 0) is 16.0 Å². The van der Waals surface area contributed by atoms with Crippen molar-refractivity contribution in [2.45, 2.75) is 30.0 Å². The van der Waals surface area contributed by atoms with E-state index in [1.54, 1.807) is 6.20 Å². The van der Waals surface area contributed by atoms with Crippen LogP contribution in [0.4, 0.5) is 5.69 Å². The lowest BCUT2D eigenvalue weighted by atomic mass is 10.1. The van der Waals surface area contributed by atoms with Crippen molar-refractivity contribution in [1.82, 2.24) is 4.98 Å². The van der Waals surface area contributed by atoms with E-state index in [0.717, 1.165) is 17.0 Å². The number of thioether (sulfide) groups is 1. The third kappa shape index (κ3) is 2.76. The number of imide groups is 1. The summed E-state index contributed by atoms with van der Waals surface area (Å²) in [5.74, 6) is -0.291. The third-order valence-electron chi connectivity index (χ3n) is 3.62. The van der Waals surface area contributed by atoms with E-state index in [9.17, 15) is 9.59 Å². The summed E-state index contributed by atoms with van der Waals surface area (Å²) in [6.45, 7) is 2.02. The van der Waals surface area contributed by atoms with Crippen LogP contribution in [0.2, 0.25) is 0 Å². The zero-order valence-electron chi connectivity index (χ0n) is 12.2. The number of hydrogen-bond donors (Lipinski definition) is 0. The molecule has 1 aliphatic rings.